The van der Waals surface area contributed by atoms with Gasteiger partial charge in [0.1, 0.15) is 6.61 Å². The highest BCUT2D eigenvalue weighted by Gasteiger charge is 2.17. The summed E-state index contributed by atoms with van der Waals surface area (Å²) in [4.78, 5) is 25.1. The molecule has 0 radical (unpaired) electrons. The summed E-state index contributed by atoms with van der Waals surface area (Å²) in [6.45, 7) is 7.53. The summed E-state index contributed by atoms with van der Waals surface area (Å²) in [6.07, 6.45) is 60.2. The normalized spacial score (nSPS) is 13.0. The molecule has 0 N–H and O–H groups in total. The number of unbranched alkanes of at least 4 members (excludes halogenated alkanes) is 16. The standard InChI is InChI=1S/C51H86O5/c1-4-7-10-13-16-18-20-22-23-24-25-26-27-28-30-32-34-37-40-43-46-54-47-49(56-51(53)45-42-39-35-15-12-9-6-3)48-55-50(52)44-41-38-36-33-31-29-21-19-17-14-11-8-5-2/h7,10-11,14,16,18-19,21-23,25-26,28,30,49H,4-6,8-9,12-13,15,17,20,24,27,29,31-48H2,1-3H3/b10-7-,14-11-,18-16-,21-19-,23-22-,26-25-,30-28-. The molecule has 0 saturated carbocycles. The van der Waals surface area contributed by atoms with Crippen molar-refractivity contribution in [1.29, 1.82) is 0 Å². The zero-order valence-corrected chi connectivity index (χ0v) is 36.6. The summed E-state index contributed by atoms with van der Waals surface area (Å²) in [7, 11) is 0. The van der Waals surface area contributed by atoms with Crippen molar-refractivity contribution < 1.29 is 23.8 Å². The average molecular weight is 779 g/mol. The number of esters is 2. The molecular weight excluding hydrogens is 693 g/mol. The van der Waals surface area contributed by atoms with Crippen molar-refractivity contribution in [1.82, 2.24) is 0 Å². The lowest BCUT2D eigenvalue weighted by atomic mass is 10.1. The minimum Gasteiger partial charge on any atom is -0.462 e. The second-order valence-corrected chi connectivity index (χ2v) is 14.9. The first-order chi connectivity index (χ1) is 27.6. The second-order valence-electron chi connectivity index (χ2n) is 14.9. The molecule has 0 aliphatic heterocycles. The van der Waals surface area contributed by atoms with Gasteiger partial charge < -0.3 is 14.2 Å². The Morgan fingerprint density at radius 3 is 1.36 bits per heavy atom. The molecule has 0 aromatic heterocycles. The van der Waals surface area contributed by atoms with Gasteiger partial charge in [-0.05, 0) is 89.9 Å². The van der Waals surface area contributed by atoms with Crippen molar-refractivity contribution in [2.75, 3.05) is 19.8 Å². The summed E-state index contributed by atoms with van der Waals surface area (Å²) in [5.74, 6) is -0.439. The number of hydrogen-bond donors (Lipinski definition) is 0. The molecule has 0 bridgehead atoms. The van der Waals surface area contributed by atoms with Crippen LogP contribution in [0.5, 0.6) is 0 Å². The van der Waals surface area contributed by atoms with E-state index < -0.39 is 6.10 Å². The lowest BCUT2D eigenvalue weighted by Gasteiger charge is -2.18. The molecule has 0 saturated heterocycles. The van der Waals surface area contributed by atoms with E-state index in [1.165, 1.54) is 57.8 Å². The van der Waals surface area contributed by atoms with Crippen LogP contribution in [0.2, 0.25) is 0 Å². The van der Waals surface area contributed by atoms with Gasteiger partial charge in [0.25, 0.3) is 0 Å². The Bertz CT molecular complexity index is 1060. The molecular formula is C51H86O5. The average Bonchev–Trinajstić information content (AvgIpc) is 3.20. The third-order valence-corrected chi connectivity index (χ3v) is 9.40. The van der Waals surface area contributed by atoms with Gasteiger partial charge in [0.15, 0.2) is 6.10 Å². The van der Waals surface area contributed by atoms with Crippen molar-refractivity contribution in [3.8, 4) is 0 Å². The van der Waals surface area contributed by atoms with Crippen LogP contribution in [-0.2, 0) is 23.8 Å². The summed E-state index contributed by atoms with van der Waals surface area (Å²) >= 11 is 0. The maximum atomic E-state index is 12.6. The van der Waals surface area contributed by atoms with Crippen molar-refractivity contribution in [2.24, 2.45) is 0 Å². The molecule has 320 valence electrons. The molecule has 5 heteroatoms. The summed E-state index contributed by atoms with van der Waals surface area (Å²) in [6, 6.07) is 0. The molecule has 5 nitrogen and oxygen atoms in total. The Balaban J connectivity index is 4.22. The van der Waals surface area contributed by atoms with Gasteiger partial charge in [-0.2, -0.15) is 0 Å². The van der Waals surface area contributed by atoms with Crippen molar-refractivity contribution >= 4 is 11.9 Å². The zero-order valence-electron chi connectivity index (χ0n) is 36.6. The lowest BCUT2D eigenvalue weighted by Crippen LogP contribution is -2.30. The van der Waals surface area contributed by atoms with Gasteiger partial charge in [-0.3, -0.25) is 9.59 Å². The first-order valence-corrected chi connectivity index (χ1v) is 23.1. The molecule has 0 aliphatic carbocycles. The predicted molar refractivity (Wildman–Crippen MR) is 242 cm³/mol. The predicted octanol–water partition coefficient (Wildman–Crippen LogP) is 15.3. The van der Waals surface area contributed by atoms with Crippen LogP contribution in [0.4, 0.5) is 0 Å². The molecule has 0 fully saturated rings. The number of rotatable bonds is 41. The van der Waals surface area contributed by atoms with E-state index in [-0.39, 0.29) is 25.2 Å². The van der Waals surface area contributed by atoms with Crippen LogP contribution in [-0.4, -0.2) is 37.9 Å². The first-order valence-electron chi connectivity index (χ1n) is 23.1. The molecule has 0 spiro atoms. The van der Waals surface area contributed by atoms with E-state index in [2.05, 4.69) is 106 Å². The van der Waals surface area contributed by atoms with Crippen LogP contribution >= 0.6 is 0 Å². The zero-order chi connectivity index (χ0) is 40.7. The Morgan fingerprint density at radius 2 is 0.839 bits per heavy atom. The summed E-state index contributed by atoms with van der Waals surface area (Å²) < 4.78 is 17.2. The quantitative estimate of drug-likeness (QED) is 0.0351. The molecule has 0 heterocycles. The van der Waals surface area contributed by atoms with Gasteiger partial charge in [-0.25, -0.2) is 0 Å². The van der Waals surface area contributed by atoms with E-state index >= 15 is 0 Å². The van der Waals surface area contributed by atoms with Crippen molar-refractivity contribution in [3.63, 3.8) is 0 Å². The van der Waals surface area contributed by atoms with Crippen LogP contribution in [0, 0.1) is 0 Å². The van der Waals surface area contributed by atoms with Crippen LogP contribution in [0.1, 0.15) is 201 Å². The fourth-order valence-corrected chi connectivity index (χ4v) is 5.98. The van der Waals surface area contributed by atoms with E-state index in [0.29, 0.717) is 19.4 Å². The molecule has 0 aromatic carbocycles. The van der Waals surface area contributed by atoms with Gasteiger partial charge in [-0.1, -0.05) is 183 Å². The largest absolute Gasteiger partial charge is 0.462 e. The van der Waals surface area contributed by atoms with Crippen molar-refractivity contribution in [3.05, 3.63) is 85.1 Å². The first kappa shape index (κ1) is 53.1. The fourth-order valence-electron chi connectivity index (χ4n) is 5.98. The Hall–Kier alpha value is -2.92. The lowest BCUT2D eigenvalue weighted by molar-refractivity contribution is -0.163. The van der Waals surface area contributed by atoms with E-state index in [1.807, 2.05) is 0 Å². The SMILES string of the molecule is CC/C=C\C/C=C\C/C=C\C/C=C\C/C=C\CCCCCCOCC(COC(=O)CCCCCCC/C=C\C/C=C\CCC)OC(=O)CCCCCCCCC. The molecule has 0 amide bonds. The van der Waals surface area contributed by atoms with Crippen LogP contribution in [0.25, 0.3) is 0 Å². The Morgan fingerprint density at radius 1 is 0.411 bits per heavy atom. The molecule has 1 unspecified atom stereocenters. The number of allylic oxidation sites excluding steroid dienone is 14. The Labute approximate surface area is 346 Å². The van der Waals surface area contributed by atoms with Gasteiger partial charge in [0.2, 0.25) is 0 Å². The number of hydrogen-bond acceptors (Lipinski definition) is 5. The van der Waals surface area contributed by atoms with E-state index in [1.54, 1.807) is 0 Å². The summed E-state index contributed by atoms with van der Waals surface area (Å²) in [5, 5.41) is 0. The molecule has 0 aliphatic rings. The third kappa shape index (κ3) is 43.8. The highest BCUT2D eigenvalue weighted by atomic mass is 16.6. The van der Waals surface area contributed by atoms with E-state index in [4.69, 9.17) is 14.2 Å². The number of carbonyl (C=O) groups excluding carboxylic acids is 2. The molecule has 1 atom stereocenters. The molecule has 56 heavy (non-hydrogen) atoms. The highest BCUT2D eigenvalue weighted by Crippen LogP contribution is 2.12. The maximum Gasteiger partial charge on any atom is 0.306 e. The highest BCUT2D eigenvalue weighted by molar-refractivity contribution is 5.70. The maximum absolute atomic E-state index is 12.6. The van der Waals surface area contributed by atoms with Crippen LogP contribution in [0.3, 0.4) is 0 Å². The molecule has 0 aromatic rings. The van der Waals surface area contributed by atoms with E-state index in [9.17, 15) is 9.59 Å². The summed E-state index contributed by atoms with van der Waals surface area (Å²) in [5.41, 5.74) is 0. The van der Waals surface area contributed by atoms with E-state index in [0.717, 1.165) is 109 Å². The Kier molecular flexibility index (Phi) is 44.0. The topological polar surface area (TPSA) is 61.8 Å². The van der Waals surface area contributed by atoms with Gasteiger partial charge in [0, 0.05) is 19.4 Å². The van der Waals surface area contributed by atoms with Gasteiger partial charge >= 0.3 is 11.9 Å². The monoisotopic (exact) mass is 779 g/mol. The molecule has 0 rings (SSSR count). The number of ether oxygens (including phenoxy) is 3. The van der Waals surface area contributed by atoms with Crippen LogP contribution in [0.15, 0.2) is 85.1 Å². The number of carbonyl (C=O) groups is 2. The fraction of sp³-hybridized carbons (Fsp3) is 0.686. The van der Waals surface area contributed by atoms with Crippen molar-refractivity contribution in [2.45, 2.75) is 207 Å². The second kappa shape index (κ2) is 46.5. The van der Waals surface area contributed by atoms with Crippen LogP contribution < -0.4 is 0 Å². The minimum atomic E-state index is -0.554. The van der Waals surface area contributed by atoms with Gasteiger partial charge in [-0.15, -0.1) is 0 Å². The minimum absolute atomic E-state index is 0.0643. The van der Waals surface area contributed by atoms with Gasteiger partial charge in [0.05, 0.1) is 6.61 Å². The third-order valence-electron chi connectivity index (χ3n) is 9.40. The smallest absolute Gasteiger partial charge is 0.306 e.